The summed E-state index contributed by atoms with van der Waals surface area (Å²) in [7, 11) is 0. The summed E-state index contributed by atoms with van der Waals surface area (Å²) in [6.07, 6.45) is 3.62. The minimum absolute atomic E-state index is 0.252. The molecule has 0 radical (unpaired) electrons. The quantitative estimate of drug-likeness (QED) is 0.873. The second-order valence-electron chi connectivity index (χ2n) is 4.62. The van der Waals surface area contributed by atoms with Gasteiger partial charge in [-0.2, -0.15) is 0 Å². The molecule has 0 aliphatic carbocycles. The number of hydrogen-bond donors (Lipinski definition) is 1. The van der Waals surface area contributed by atoms with Gasteiger partial charge in [-0.3, -0.25) is 4.98 Å². The van der Waals surface area contributed by atoms with Crippen molar-refractivity contribution in [1.29, 1.82) is 0 Å². The molecule has 78 valence electrons. The maximum Gasteiger partial charge on any atom is 0.0540 e. The van der Waals surface area contributed by atoms with Crippen LogP contribution in [0.15, 0.2) is 22.9 Å². The highest BCUT2D eigenvalue weighted by Gasteiger charge is 2.19. The molecule has 1 N–H and O–H groups in total. The first-order valence-electron chi connectivity index (χ1n) is 4.76. The summed E-state index contributed by atoms with van der Waals surface area (Å²) in [5.41, 5.74) is 1.31. The average Bonchev–Trinajstić information content (AvgIpc) is 2.02. The van der Waals surface area contributed by atoms with Crippen LogP contribution in [0.25, 0.3) is 0 Å². The zero-order valence-electron chi connectivity index (χ0n) is 9.13. The summed E-state index contributed by atoms with van der Waals surface area (Å²) in [4.78, 5) is 4.11. The van der Waals surface area contributed by atoms with Crippen molar-refractivity contribution in [3.05, 3.63) is 22.9 Å². The van der Waals surface area contributed by atoms with Crippen molar-refractivity contribution in [2.24, 2.45) is 5.41 Å². The smallest absolute Gasteiger partial charge is 0.0540 e. The second-order valence-corrected chi connectivity index (χ2v) is 5.54. The van der Waals surface area contributed by atoms with E-state index in [-0.39, 0.29) is 5.41 Å². The van der Waals surface area contributed by atoms with Gasteiger partial charge in [0.15, 0.2) is 0 Å². The predicted octanol–water partition coefficient (Wildman–Crippen LogP) is 3.69. The van der Waals surface area contributed by atoms with E-state index in [1.165, 1.54) is 0 Å². The summed E-state index contributed by atoms with van der Waals surface area (Å²) in [6.45, 7) is 8.84. The van der Waals surface area contributed by atoms with Crippen molar-refractivity contribution >= 4 is 21.6 Å². The first-order chi connectivity index (χ1) is 6.39. The molecule has 0 aliphatic heterocycles. The van der Waals surface area contributed by atoms with Crippen LogP contribution in [0.4, 0.5) is 5.69 Å². The van der Waals surface area contributed by atoms with Crippen molar-refractivity contribution in [3.63, 3.8) is 0 Å². The van der Waals surface area contributed by atoms with Crippen LogP contribution in [0.1, 0.15) is 27.7 Å². The number of nitrogens with one attached hydrogen (secondary N) is 1. The Morgan fingerprint density at radius 2 is 2.00 bits per heavy atom. The van der Waals surface area contributed by atoms with Crippen LogP contribution >= 0.6 is 15.9 Å². The third-order valence-electron chi connectivity index (χ3n) is 2.39. The molecule has 2 nitrogen and oxygen atoms in total. The number of pyridine rings is 1. The van der Waals surface area contributed by atoms with E-state index in [0.29, 0.717) is 6.04 Å². The molecule has 14 heavy (non-hydrogen) atoms. The van der Waals surface area contributed by atoms with Crippen molar-refractivity contribution in [1.82, 2.24) is 4.98 Å². The van der Waals surface area contributed by atoms with E-state index in [0.717, 1.165) is 10.2 Å². The zero-order valence-corrected chi connectivity index (χ0v) is 10.7. The van der Waals surface area contributed by atoms with E-state index in [1.807, 2.05) is 12.3 Å². The molecule has 0 amide bonds. The lowest BCUT2D eigenvalue weighted by Crippen LogP contribution is -2.30. The number of rotatable bonds is 2. The average molecular weight is 257 g/mol. The first kappa shape index (κ1) is 11.5. The lowest BCUT2D eigenvalue weighted by Gasteiger charge is -2.28. The molecular weight excluding hydrogens is 240 g/mol. The van der Waals surface area contributed by atoms with Crippen LogP contribution in [0.2, 0.25) is 0 Å². The van der Waals surface area contributed by atoms with Crippen LogP contribution in [0.3, 0.4) is 0 Å². The topological polar surface area (TPSA) is 24.9 Å². The van der Waals surface area contributed by atoms with E-state index in [4.69, 9.17) is 0 Å². The van der Waals surface area contributed by atoms with E-state index < -0.39 is 0 Å². The summed E-state index contributed by atoms with van der Waals surface area (Å²) >= 11 is 3.40. The molecular formula is C11H17BrN2. The molecule has 0 spiro atoms. The Labute approximate surface area is 94.3 Å². The number of halogens is 1. The molecule has 0 bridgehead atoms. The molecule has 0 saturated heterocycles. The molecule has 0 fully saturated rings. The number of aromatic nitrogens is 1. The summed E-state index contributed by atoms with van der Waals surface area (Å²) < 4.78 is 1.00. The highest BCUT2D eigenvalue weighted by Crippen LogP contribution is 2.23. The van der Waals surface area contributed by atoms with Crippen LogP contribution in [0, 0.1) is 5.41 Å². The van der Waals surface area contributed by atoms with Gasteiger partial charge in [0.05, 0.1) is 11.9 Å². The molecule has 0 aliphatic rings. The van der Waals surface area contributed by atoms with Crippen molar-refractivity contribution in [3.8, 4) is 0 Å². The molecule has 1 aromatic rings. The van der Waals surface area contributed by atoms with Crippen molar-refractivity contribution < 1.29 is 0 Å². The number of anilines is 1. The lowest BCUT2D eigenvalue weighted by molar-refractivity contribution is 0.359. The van der Waals surface area contributed by atoms with Gasteiger partial charge in [0.25, 0.3) is 0 Å². The number of hydrogen-bond acceptors (Lipinski definition) is 2. The van der Waals surface area contributed by atoms with Gasteiger partial charge in [-0.05, 0) is 34.3 Å². The minimum atomic E-state index is 0.252. The maximum atomic E-state index is 4.11. The lowest BCUT2D eigenvalue weighted by atomic mass is 9.88. The Morgan fingerprint density at radius 3 is 2.50 bits per heavy atom. The van der Waals surface area contributed by atoms with Gasteiger partial charge in [0.2, 0.25) is 0 Å². The fourth-order valence-electron chi connectivity index (χ4n) is 0.957. The minimum Gasteiger partial charge on any atom is -0.381 e. The summed E-state index contributed by atoms with van der Waals surface area (Å²) in [5, 5.41) is 3.43. The van der Waals surface area contributed by atoms with Crippen LogP contribution in [0.5, 0.6) is 0 Å². The van der Waals surface area contributed by atoms with E-state index in [9.17, 15) is 0 Å². The SMILES string of the molecule is CC(Nc1cncc(Br)c1)C(C)(C)C. The van der Waals surface area contributed by atoms with E-state index in [1.54, 1.807) is 6.20 Å². The molecule has 3 heteroatoms. The maximum absolute atomic E-state index is 4.11. The zero-order chi connectivity index (χ0) is 10.8. The van der Waals surface area contributed by atoms with Gasteiger partial charge in [-0.15, -0.1) is 0 Å². The Balaban J connectivity index is 2.70. The third-order valence-corrected chi connectivity index (χ3v) is 2.82. The van der Waals surface area contributed by atoms with Gasteiger partial charge in [0, 0.05) is 16.7 Å². The highest BCUT2D eigenvalue weighted by atomic mass is 79.9. The van der Waals surface area contributed by atoms with Gasteiger partial charge in [-0.1, -0.05) is 20.8 Å². The standard InChI is InChI=1S/C11H17BrN2/c1-8(11(2,3)4)14-10-5-9(12)6-13-7-10/h5-8,14H,1-4H3. The molecule has 1 atom stereocenters. The number of nitrogens with zero attached hydrogens (tertiary/aromatic N) is 1. The fourth-order valence-corrected chi connectivity index (χ4v) is 1.32. The first-order valence-corrected chi connectivity index (χ1v) is 5.56. The van der Waals surface area contributed by atoms with Crippen LogP contribution in [-0.4, -0.2) is 11.0 Å². The normalized spacial score (nSPS) is 13.8. The van der Waals surface area contributed by atoms with Crippen LogP contribution < -0.4 is 5.32 Å². The van der Waals surface area contributed by atoms with E-state index in [2.05, 4.69) is 53.9 Å². The molecule has 1 unspecified atom stereocenters. The Kier molecular flexibility index (Phi) is 3.53. The molecule has 1 heterocycles. The largest absolute Gasteiger partial charge is 0.381 e. The Morgan fingerprint density at radius 1 is 1.36 bits per heavy atom. The molecule has 1 rings (SSSR count). The van der Waals surface area contributed by atoms with Crippen LogP contribution in [-0.2, 0) is 0 Å². The molecule has 0 saturated carbocycles. The molecule has 0 aromatic carbocycles. The van der Waals surface area contributed by atoms with Crippen molar-refractivity contribution in [2.45, 2.75) is 33.7 Å². The van der Waals surface area contributed by atoms with Crippen molar-refractivity contribution in [2.75, 3.05) is 5.32 Å². The summed E-state index contributed by atoms with van der Waals surface area (Å²) in [6, 6.07) is 2.45. The van der Waals surface area contributed by atoms with Gasteiger partial charge in [-0.25, -0.2) is 0 Å². The Hall–Kier alpha value is -0.570. The Bertz CT molecular complexity index is 304. The third kappa shape index (κ3) is 3.29. The van der Waals surface area contributed by atoms with E-state index >= 15 is 0 Å². The van der Waals surface area contributed by atoms with Gasteiger partial charge >= 0.3 is 0 Å². The highest BCUT2D eigenvalue weighted by molar-refractivity contribution is 9.10. The second kappa shape index (κ2) is 4.30. The van der Waals surface area contributed by atoms with Gasteiger partial charge < -0.3 is 5.32 Å². The fraction of sp³-hybridized carbons (Fsp3) is 0.545. The summed E-state index contributed by atoms with van der Waals surface area (Å²) in [5.74, 6) is 0. The van der Waals surface area contributed by atoms with Gasteiger partial charge in [0.1, 0.15) is 0 Å². The monoisotopic (exact) mass is 256 g/mol. The molecule has 1 aromatic heterocycles. The predicted molar refractivity (Wildman–Crippen MR) is 64.5 cm³/mol.